The van der Waals surface area contributed by atoms with Crippen LogP contribution in [0.15, 0.2) is 57.1 Å². The molecule has 7 heteroatoms. The Bertz CT molecular complexity index is 871. The summed E-state index contributed by atoms with van der Waals surface area (Å²) in [5.74, 6) is -1.15. The lowest BCUT2D eigenvalue weighted by atomic mass is 9.99. The van der Waals surface area contributed by atoms with Crippen LogP contribution in [0.4, 0.5) is 0 Å². The molecule has 1 saturated heterocycles. The molecule has 1 atom stereocenters. The third kappa shape index (κ3) is 4.20. The highest BCUT2D eigenvalue weighted by Gasteiger charge is 2.47. The van der Waals surface area contributed by atoms with Gasteiger partial charge in [0.15, 0.2) is 0 Å². The number of carbonyl (C=O) groups is 2. The first kappa shape index (κ1) is 20.4. The van der Waals surface area contributed by atoms with Crippen LogP contribution in [-0.2, 0) is 14.3 Å². The van der Waals surface area contributed by atoms with Crippen LogP contribution in [0.5, 0.6) is 0 Å². The molecule has 1 aliphatic heterocycles. The standard InChI is InChI=1S/C21H22BrNO5/c1-13(2)27-12-4-10-23-18(16-5-3-11-28-16)17(20(25)21(23)26)19(24)14-6-8-15(22)9-7-14/h3,5-9,11,13,18,24H,4,10,12H2,1-2H3/t18-/m1/s1. The van der Waals surface area contributed by atoms with E-state index in [1.54, 1.807) is 36.4 Å². The van der Waals surface area contributed by atoms with Gasteiger partial charge in [0.25, 0.3) is 11.7 Å². The summed E-state index contributed by atoms with van der Waals surface area (Å²) < 4.78 is 11.9. The molecule has 1 fully saturated rings. The molecular formula is C21H22BrNO5. The molecule has 0 unspecified atom stereocenters. The highest BCUT2D eigenvalue weighted by molar-refractivity contribution is 9.10. The largest absolute Gasteiger partial charge is 0.507 e. The maximum atomic E-state index is 12.8. The van der Waals surface area contributed by atoms with E-state index in [0.717, 1.165) is 4.47 Å². The average Bonchev–Trinajstić information content (AvgIpc) is 3.27. The van der Waals surface area contributed by atoms with Gasteiger partial charge in [0, 0.05) is 23.2 Å². The maximum absolute atomic E-state index is 12.8. The molecule has 1 N–H and O–H groups in total. The van der Waals surface area contributed by atoms with Crippen LogP contribution in [0.25, 0.3) is 5.76 Å². The minimum atomic E-state index is -0.766. The summed E-state index contributed by atoms with van der Waals surface area (Å²) >= 11 is 3.34. The van der Waals surface area contributed by atoms with E-state index in [1.165, 1.54) is 11.2 Å². The van der Waals surface area contributed by atoms with Crippen LogP contribution in [-0.4, -0.2) is 41.0 Å². The lowest BCUT2D eigenvalue weighted by Crippen LogP contribution is -2.31. The van der Waals surface area contributed by atoms with Gasteiger partial charge in [-0.25, -0.2) is 0 Å². The van der Waals surface area contributed by atoms with Crippen molar-refractivity contribution in [2.24, 2.45) is 0 Å². The minimum Gasteiger partial charge on any atom is -0.507 e. The molecule has 2 heterocycles. The van der Waals surface area contributed by atoms with Crippen LogP contribution in [0.2, 0.25) is 0 Å². The van der Waals surface area contributed by atoms with Gasteiger partial charge in [0.1, 0.15) is 17.6 Å². The van der Waals surface area contributed by atoms with Gasteiger partial charge >= 0.3 is 0 Å². The number of aliphatic hydroxyl groups is 1. The summed E-state index contributed by atoms with van der Waals surface area (Å²) in [7, 11) is 0. The number of ether oxygens (including phenoxy) is 1. The van der Waals surface area contributed by atoms with Crippen LogP contribution < -0.4 is 0 Å². The highest BCUT2D eigenvalue weighted by atomic mass is 79.9. The van der Waals surface area contributed by atoms with Gasteiger partial charge in [-0.15, -0.1) is 0 Å². The predicted octanol–water partition coefficient (Wildman–Crippen LogP) is 4.28. The van der Waals surface area contributed by atoms with Crippen LogP contribution in [0.3, 0.4) is 0 Å². The third-order valence-corrected chi connectivity index (χ3v) is 4.99. The van der Waals surface area contributed by atoms with Crippen molar-refractivity contribution in [3.63, 3.8) is 0 Å². The zero-order chi connectivity index (χ0) is 20.3. The summed E-state index contributed by atoms with van der Waals surface area (Å²) in [4.78, 5) is 26.9. The summed E-state index contributed by atoms with van der Waals surface area (Å²) in [5, 5.41) is 10.8. The van der Waals surface area contributed by atoms with Crippen molar-refractivity contribution in [2.45, 2.75) is 32.4 Å². The van der Waals surface area contributed by atoms with Gasteiger partial charge in [0.2, 0.25) is 0 Å². The number of carbonyl (C=O) groups excluding carboxylic acids is 2. The lowest BCUT2D eigenvalue weighted by molar-refractivity contribution is -0.140. The molecule has 6 nitrogen and oxygen atoms in total. The van der Waals surface area contributed by atoms with Gasteiger partial charge in [-0.05, 0) is 44.5 Å². The first-order valence-corrected chi connectivity index (χ1v) is 9.88. The zero-order valence-electron chi connectivity index (χ0n) is 15.7. The number of nitrogens with zero attached hydrogens (tertiary/aromatic N) is 1. The van der Waals surface area contributed by atoms with E-state index in [4.69, 9.17) is 9.15 Å². The fraction of sp³-hybridized carbons (Fsp3) is 0.333. The number of likely N-dealkylation sites (tertiary alicyclic amines) is 1. The lowest BCUT2D eigenvalue weighted by Gasteiger charge is -2.23. The van der Waals surface area contributed by atoms with Crippen molar-refractivity contribution >= 4 is 33.4 Å². The van der Waals surface area contributed by atoms with E-state index in [-0.39, 0.29) is 17.4 Å². The summed E-state index contributed by atoms with van der Waals surface area (Å²) in [6.07, 6.45) is 2.14. The number of aliphatic hydroxyl groups excluding tert-OH is 1. The molecule has 1 amide bonds. The van der Waals surface area contributed by atoms with Crippen LogP contribution in [0.1, 0.15) is 37.6 Å². The van der Waals surface area contributed by atoms with Crippen molar-refractivity contribution in [1.82, 2.24) is 4.90 Å². The molecule has 0 bridgehead atoms. The molecule has 1 aromatic heterocycles. The number of benzene rings is 1. The molecule has 0 spiro atoms. The molecule has 2 aromatic rings. The van der Waals surface area contributed by atoms with Crippen LogP contribution in [0, 0.1) is 0 Å². The Balaban J connectivity index is 1.96. The molecule has 1 aliphatic rings. The molecule has 28 heavy (non-hydrogen) atoms. The number of furan rings is 1. The number of halogens is 1. The third-order valence-electron chi connectivity index (χ3n) is 4.46. The first-order chi connectivity index (χ1) is 13.4. The van der Waals surface area contributed by atoms with Crippen molar-refractivity contribution in [3.8, 4) is 0 Å². The monoisotopic (exact) mass is 447 g/mol. The Labute approximate surface area is 171 Å². The van der Waals surface area contributed by atoms with E-state index in [9.17, 15) is 14.7 Å². The highest BCUT2D eigenvalue weighted by Crippen LogP contribution is 2.39. The summed E-state index contributed by atoms with van der Waals surface area (Å²) in [5.41, 5.74) is 0.493. The molecule has 0 radical (unpaired) electrons. The van der Waals surface area contributed by atoms with Gasteiger partial charge in [-0.3, -0.25) is 9.59 Å². The van der Waals surface area contributed by atoms with Gasteiger partial charge in [0.05, 0.1) is 17.9 Å². The number of hydrogen-bond donors (Lipinski definition) is 1. The molecule has 0 saturated carbocycles. The topological polar surface area (TPSA) is 80.0 Å². The number of rotatable bonds is 7. The Morgan fingerprint density at radius 1 is 1.25 bits per heavy atom. The van der Waals surface area contributed by atoms with Crippen molar-refractivity contribution in [1.29, 1.82) is 0 Å². The number of Topliss-reactive ketones (excluding diaryl/α,β-unsaturated/α-hetero) is 1. The number of amides is 1. The molecule has 3 rings (SSSR count). The fourth-order valence-electron chi connectivity index (χ4n) is 3.17. The van der Waals surface area contributed by atoms with Gasteiger partial charge < -0.3 is 19.2 Å². The molecule has 148 valence electrons. The maximum Gasteiger partial charge on any atom is 0.295 e. The first-order valence-electron chi connectivity index (χ1n) is 9.09. The predicted molar refractivity (Wildman–Crippen MR) is 108 cm³/mol. The second-order valence-electron chi connectivity index (χ2n) is 6.79. The van der Waals surface area contributed by atoms with E-state index >= 15 is 0 Å². The quantitative estimate of drug-likeness (QED) is 0.296. The van der Waals surface area contributed by atoms with Crippen LogP contribution >= 0.6 is 15.9 Å². The molecular weight excluding hydrogens is 426 g/mol. The minimum absolute atomic E-state index is 0.0343. The second kappa shape index (κ2) is 8.75. The second-order valence-corrected chi connectivity index (χ2v) is 7.70. The van der Waals surface area contributed by atoms with Crippen molar-refractivity contribution < 1.29 is 23.8 Å². The van der Waals surface area contributed by atoms with Gasteiger partial charge in [-0.2, -0.15) is 0 Å². The fourth-order valence-corrected chi connectivity index (χ4v) is 3.43. The van der Waals surface area contributed by atoms with E-state index in [2.05, 4.69) is 15.9 Å². The Morgan fingerprint density at radius 3 is 2.57 bits per heavy atom. The average molecular weight is 448 g/mol. The summed E-state index contributed by atoms with van der Waals surface area (Å²) in [6.45, 7) is 4.67. The van der Waals surface area contributed by atoms with E-state index < -0.39 is 17.7 Å². The van der Waals surface area contributed by atoms with E-state index in [1.807, 2.05) is 13.8 Å². The zero-order valence-corrected chi connectivity index (χ0v) is 17.3. The Kier molecular flexibility index (Phi) is 6.36. The number of hydrogen-bond acceptors (Lipinski definition) is 5. The smallest absolute Gasteiger partial charge is 0.295 e. The Hall–Kier alpha value is -2.38. The summed E-state index contributed by atoms with van der Waals surface area (Å²) in [6, 6.07) is 9.51. The Morgan fingerprint density at radius 2 is 1.96 bits per heavy atom. The molecule has 0 aliphatic carbocycles. The van der Waals surface area contributed by atoms with Gasteiger partial charge in [-0.1, -0.05) is 28.1 Å². The normalized spacial score (nSPS) is 19.0. The van der Waals surface area contributed by atoms with Crippen molar-refractivity contribution in [2.75, 3.05) is 13.2 Å². The van der Waals surface area contributed by atoms with E-state index in [0.29, 0.717) is 30.9 Å². The number of ketones is 1. The molecule has 1 aromatic carbocycles. The SMILES string of the molecule is CC(C)OCCCN1C(=O)C(=O)C(=C(O)c2ccc(Br)cc2)[C@H]1c1ccco1. The van der Waals surface area contributed by atoms with Crippen molar-refractivity contribution in [3.05, 3.63) is 64.0 Å².